The molecule has 0 aliphatic heterocycles. The van der Waals surface area contributed by atoms with Gasteiger partial charge in [-0.05, 0) is 24.3 Å². The minimum atomic E-state index is -0.408. The maximum atomic E-state index is 12.6. The first-order chi connectivity index (χ1) is 12.4. The van der Waals surface area contributed by atoms with Gasteiger partial charge in [0.05, 0.1) is 12.5 Å². The van der Waals surface area contributed by atoms with Gasteiger partial charge in [0.25, 0.3) is 5.91 Å². The lowest BCUT2D eigenvalue weighted by atomic mass is 9.86. The number of carbonyl (C=O) groups excluding carboxylic acids is 3. The first kappa shape index (κ1) is 19.9. The second-order valence-electron chi connectivity index (χ2n) is 6.97. The van der Waals surface area contributed by atoms with Gasteiger partial charge < -0.3 is 15.0 Å². The summed E-state index contributed by atoms with van der Waals surface area (Å²) >= 11 is 0. The minimum Gasteiger partial charge on any atom is -0.455 e. The number of hydrogen-bond acceptors (Lipinski definition) is 4. The first-order valence-electron chi connectivity index (χ1n) is 9.17. The summed E-state index contributed by atoms with van der Waals surface area (Å²) in [6.45, 7) is 3.63. The topological polar surface area (TPSA) is 75.7 Å². The van der Waals surface area contributed by atoms with E-state index in [1.807, 2.05) is 44.2 Å². The molecule has 1 N–H and O–H groups in total. The van der Waals surface area contributed by atoms with Crippen LogP contribution in [-0.4, -0.2) is 48.9 Å². The number of likely N-dealkylation sites (N-methyl/N-ethyl adjacent to an activating group) is 1. The molecule has 1 aliphatic carbocycles. The van der Waals surface area contributed by atoms with E-state index < -0.39 is 11.9 Å². The molecule has 2 amide bonds. The average Bonchev–Trinajstić information content (AvgIpc) is 3.44. The van der Waals surface area contributed by atoms with Gasteiger partial charge >= 0.3 is 5.97 Å². The monoisotopic (exact) mass is 360 g/mol. The number of rotatable bonds is 9. The SMILES string of the molecule is CC[C@@H](C)[C@H](C(=O)OCC(=O)N(C)CC(=O)NC1CC1)c1ccccc1. The third kappa shape index (κ3) is 5.86. The summed E-state index contributed by atoms with van der Waals surface area (Å²) in [6, 6.07) is 9.71. The number of ether oxygens (including phenoxy) is 1. The fourth-order valence-electron chi connectivity index (χ4n) is 2.73. The molecule has 0 aromatic heterocycles. The summed E-state index contributed by atoms with van der Waals surface area (Å²) in [6.07, 6.45) is 2.82. The summed E-state index contributed by atoms with van der Waals surface area (Å²) in [7, 11) is 1.53. The summed E-state index contributed by atoms with van der Waals surface area (Å²) in [5.74, 6) is -1.29. The van der Waals surface area contributed by atoms with Crippen LogP contribution in [0, 0.1) is 5.92 Å². The zero-order valence-corrected chi connectivity index (χ0v) is 15.7. The van der Waals surface area contributed by atoms with Crippen molar-refractivity contribution in [3.05, 3.63) is 35.9 Å². The molecular formula is C20H28N2O4. The van der Waals surface area contributed by atoms with Crippen LogP contribution in [0.5, 0.6) is 0 Å². The van der Waals surface area contributed by atoms with Crippen molar-refractivity contribution in [1.82, 2.24) is 10.2 Å². The van der Waals surface area contributed by atoms with Crippen molar-refractivity contribution in [3.63, 3.8) is 0 Å². The molecule has 0 heterocycles. The number of esters is 1. The van der Waals surface area contributed by atoms with Gasteiger partial charge in [-0.25, -0.2) is 0 Å². The summed E-state index contributed by atoms with van der Waals surface area (Å²) in [5.41, 5.74) is 0.886. The quantitative estimate of drug-likeness (QED) is 0.684. The average molecular weight is 360 g/mol. The fourth-order valence-corrected chi connectivity index (χ4v) is 2.73. The van der Waals surface area contributed by atoms with E-state index in [4.69, 9.17) is 4.74 Å². The molecule has 26 heavy (non-hydrogen) atoms. The number of amides is 2. The van der Waals surface area contributed by atoms with Crippen LogP contribution in [0.15, 0.2) is 30.3 Å². The molecule has 6 heteroatoms. The van der Waals surface area contributed by atoms with Gasteiger partial charge in [-0.15, -0.1) is 0 Å². The normalized spacial score (nSPS) is 15.7. The lowest BCUT2D eigenvalue weighted by molar-refractivity contribution is -0.154. The Labute approximate surface area is 154 Å². The molecule has 1 aromatic carbocycles. The standard InChI is InChI=1S/C20H28N2O4/c1-4-14(2)19(15-8-6-5-7-9-15)20(25)26-13-18(24)22(3)12-17(23)21-16-10-11-16/h5-9,14,16,19H,4,10-13H2,1-3H3,(H,21,23)/t14-,19+/m1/s1. The number of nitrogens with one attached hydrogen (secondary N) is 1. The number of hydrogen-bond donors (Lipinski definition) is 1. The van der Waals surface area contributed by atoms with E-state index in [0.29, 0.717) is 0 Å². The first-order valence-corrected chi connectivity index (χ1v) is 9.17. The summed E-state index contributed by atoms with van der Waals surface area (Å²) < 4.78 is 5.28. The van der Waals surface area contributed by atoms with Crippen LogP contribution in [0.2, 0.25) is 0 Å². The highest BCUT2D eigenvalue weighted by Crippen LogP contribution is 2.28. The minimum absolute atomic E-state index is 0.0274. The molecule has 0 saturated heterocycles. The highest BCUT2D eigenvalue weighted by Gasteiger charge is 2.28. The van der Waals surface area contributed by atoms with E-state index in [-0.39, 0.29) is 36.9 Å². The maximum Gasteiger partial charge on any atom is 0.314 e. The third-order valence-electron chi connectivity index (χ3n) is 4.71. The van der Waals surface area contributed by atoms with E-state index in [1.54, 1.807) is 0 Å². The molecule has 142 valence electrons. The number of carbonyl (C=O) groups is 3. The lowest BCUT2D eigenvalue weighted by Crippen LogP contribution is -2.41. The van der Waals surface area contributed by atoms with Crippen molar-refractivity contribution >= 4 is 17.8 Å². The molecule has 0 spiro atoms. The van der Waals surface area contributed by atoms with Crippen molar-refractivity contribution in [2.24, 2.45) is 5.92 Å². The Morgan fingerprint density at radius 2 is 1.88 bits per heavy atom. The highest BCUT2D eigenvalue weighted by atomic mass is 16.5. The zero-order valence-electron chi connectivity index (χ0n) is 15.7. The lowest BCUT2D eigenvalue weighted by Gasteiger charge is -2.22. The highest BCUT2D eigenvalue weighted by molar-refractivity contribution is 5.87. The van der Waals surface area contributed by atoms with Crippen LogP contribution in [0.3, 0.4) is 0 Å². The van der Waals surface area contributed by atoms with Gasteiger partial charge in [-0.3, -0.25) is 14.4 Å². The molecule has 6 nitrogen and oxygen atoms in total. The van der Waals surface area contributed by atoms with Gasteiger partial charge in [0, 0.05) is 13.1 Å². The number of nitrogens with zero attached hydrogens (tertiary/aromatic N) is 1. The molecule has 1 aliphatic rings. The zero-order chi connectivity index (χ0) is 19.1. The Morgan fingerprint density at radius 3 is 2.46 bits per heavy atom. The Kier molecular flexibility index (Phi) is 7.18. The van der Waals surface area contributed by atoms with Crippen LogP contribution in [0.1, 0.15) is 44.6 Å². The second kappa shape index (κ2) is 9.36. The van der Waals surface area contributed by atoms with Crippen LogP contribution >= 0.6 is 0 Å². The Balaban J connectivity index is 1.87. The second-order valence-corrected chi connectivity index (χ2v) is 6.97. The predicted molar refractivity (Wildman–Crippen MR) is 98.4 cm³/mol. The van der Waals surface area contributed by atoms with E-state index >= 15 is 0 Å². The van der Waals surface area contributed by atoms with E-state index in [0.717, 1.165) is 24.8 Å². The van der Waals surface area contributed by atoms with Gasteiger partial charge in [0.1, 0.15) is 0 Å². The largest absolute Gasteiger partial charge is 0.455 e. The third-order valence-corrected chi connectivity index (χ3v) is 4.71. The van der Waals surface area contributed by atoms with Gasteiger partial charge in [0.2, 0.25) is 5.91 Å². The molecule has 0 radical (unpaired) electrons. The van der Waals surface area contributed by atoms with Gasteiger partial charge in [-0.1, -0.05) is 50.6 Å². The van der Waals surface area contributed by atoms with Crippen LogP contribution in [0.4, 0.5) is 0 Å². The Hall–Kier alpha value is -2.37. The maximum absolute atomic E-state index is 12.6. The smallest absolute Gasteiger partial charge is 0.314 e. The molecule has 0 bridgehead atoms. The van der Waals surface area contributed by atoms with E-state index in [1.165, 1.54) is 11.9 Å². The summed E-state index contributed by atoms with van der Waals surface area (Å²) in [5, 5.41) is 2.83. The van der Waals surface area contributed by atoms with E-state index in [9.17, 15) is 14.4 Å². The van der Waals surface area contributed by atoms with Crippen LogP contribution < -0.4 is 5.32 Å². The fraction of sp³-hybridized carbons (Fsp3) is 0.550. The van der Waals surface area contributed by atoms with Crippen molar-refractivity contribution in [2.75, 3.05) is 20.2 Å². The molecule has 2 atom stereocenters. The number of benzene rings is 1. The molecule has 0 unspecified atom stereocenters. The van der Waals surface area contributed by atoms with Crippen LogP contribution in [-0.2, 0) is 19.1 Å². The Morgan fingerprint density at radius 1 is 1.23 bits per heavy atom. The van der Waals surface area contributed by atoms with E-state index in [2.05, 4.69) is 5.32 Å². The predicted octanol–water partition coefficient (Wildman–Crippen LogP) is 2.10. The molecule has 1 fully saturated rings. The van der Waals surface area contributed by atoms with Crippen molar-refractivity contribution in [2.45, 2.75) is 45.1 Å². The molecule has 1 aromatic rings. The molecular weight excluding hydrogens is 332 g/mol. The summed E-state index contributed by atoms with van der Waals surface area (Å²) in [4.78, 5) is 37.8. The van der Waals surface area contributed by atoms with Gasteiger partial charge in [-0.2, -0.15) is 0 Å². The molecule has 2 rings (SSSR count). The van der Waals surface area contributed by atoms with Gasteiger partial charge in [0.15, 0.2) is 6.61 Å². The molecule has 1 saturated carbocycles. The Bertz CT molecular complexity index is 628. The van der Waals surface area contributed by atoms with Crippen molar-refractivity contribution in [1.29, 1.82) is 0 Å². The van der Waals surface area contributed by atoms with Crippen molar-refractivity contribution in [3.8, 4) is 0 Å². The van der Waals surface area contributed by atoms with Crippen LogP contribution in [0.25, 0.3) is 0 Å². The van der Waals surface area contributed by atoms with Crippen molar-refractivity contribution < 1.29 is 19.1 Å².